The molecule has 148 valence electrons. The molecule has 2 unspecified atom stereocenters. The summed E-state index contributed by atoms with van der Waals surface area (Å²) >= 11 is 1.34. The molecule has 2 aromatic heterocycles. The molecule has 2 aromatic rings. The Bertz CT molecular complexity index is 1010. The van der Waals surface area contributed by atoms with Crippen molar-refractivity contribution in [2.45, 2.75) is 51.7 Å². The predicted molar refractivity (Wildman–Crippen MR) is 102 cm³/mol. The zero-order valence-corrected chi connectivity index (χ0v) is 16.2. The van der Waals surface area contributed by atoms with Gasteiger partial charge in [0.2, 0.25) is 0 Å². The fraction of sp³-hybridized carbons (Fsp3) is 0.667. The van der Waals surface area contributed by atoms with Gasteiger partial charge in [0.1, 0.15) is 4.83 Å². The maximum Gasteiger partial charge on any atom is 0.332 e. The number of fused-ring (bicyclic) bond motifs is 1. The number of rotatable bonds is 7. The normalized spacial score (nSPS) is 25.9. The lowest BCUT2D eigenvalue weighted by molar-refractivity contribution is 0.0950. The molecule has 2 aliphatic carbocycles. The molecule has 6 nitrogen and oxygen atoms in total. The molecular formula is C18H24F2N4O2S. The molecule has 4 rings (SSSR count). The van der Waals surface area contributed by atoms with Crippen molar-refractivity contribution in [1.82, 2.24) is 14.5 Å². The van der Waals surface area contributed by atoms with E-state index < -0.39 is 17.5 Å². The van der Waals surface area contributed by atoms with Crippen LogP contribution in [-0.4, -0.2) is 28.1 Å². The Kier molecular flexibility index (Phi) is 4.51. The van der Waals surface area contributed by atoms with Gasteiger partial charge in [-0.1, -0.05) is 6.92 Å². The summed E-state index contributed by atoms with van der Waals surface area (Å²) in [6.45, 7) is 5.48. The van der Waals surface area contributed by atoms with Crippen LogP contribution < -0.4 is 22.3 Å². The number of thiophene rings is 1. The van der Waals surface area contributed by atoms with Gasteiger partial charge >= 0.3 is 5.69 Å². The molecule has 3 N–H and O–H groups in total. The molecular weight excluding hydrogens is 374 g/mol. The summed E-state index contributed by atoms with van der Waals surface area (Å²) in [6, 6.07) is -0.126. The third kappa shape index (κ3) is 3.15. The van der Waals surface area contributed by atoms with Crippen molar-refractivity contribution in [1.29, 1.82) is 0 Å². The Hall–Kier alpha value is -1.58. The number of halogens is 2. The van der Waals surface area contributed by atoms with Gasteiger partial charge in [-0.25, -0.2) is 13.6 Å². The average molecular weight is 398 g/mol. The van der Waals surface area contributed by atoms with Crippen molar-refractivity contribution in [3.05, 3.63) is 31.3 Å². The molecule has 0 radical (unpaired) electrons. The van der Waals surface area contributed by atoms with Crippen LogP contribution in [0.2, 0.25) is 0 Å². The molecule has 27 heavy (non-hydrogen) atoms. The number of nitrogens with one attached hydrogen (secondary N) is 1. The number of alkyl halides is 2. The Morgan fingerprint density at radius 2 is 2.04 bits per heavy atom. The lowest BCUT2D eigenvalue weighted by Gasteiger charge is -2.12. The van der Waals surface area contributed by atoms with Gasteiger partial charge in [0.25, 0.3) is 11.5 Å². The van der Waals surface area contributed by atoms with E-state index in [2.05, 4.69) is 5.32 Å². The topological polar surface area (TPSA) is 82.1 Å². The van der Waals surface area contributed by atoms with Crippen molar-refractivity contribution >= 4 is 21.6 Å². The van der Waals surface area contributed by atoms with E-state index in [1.54, 1.807) is 0 Å². The largest absolute Gasteiger partial charge is 0.332 e. The monoisotopic (exact) mass is 398 g/mol. The van der Waals surface area contributed by atoms with E-state index in [1.807, 2.05) is 13.8 Å². The third-order valence-corrected chi connectivity index (χ3v) is 7.02. The van der Waals surface area contributed by atoms with Crippen LogP contribution in [0.15, 0.2) is 9.59 Å². The number of aromatic nitrogens is 2. The van der Waals surface area contributed by atoms with Gasteiger partial charge < -0.3 is 11.1 Å². The average Bonchev–Trinajstić information content (AvgIpc) is 3.42. The van der Waals surface area contributed by atoms with E-state index in [-0.39, 0.29) is 30.5 Å². The minimum absolute atomic E-state index is 0.0423. The van der Waals surface area contributed by atoms with Gasteiger partial charge in [-0.05, 0) is 24.8 Å². The summed E-state index contributed by atoms with van der Waals surface area (Å²) in [5.41, 5.74) is 5.59. The highest BCUT2D eigenvalue weighted by Crippen LogP contribution is 2.49. The van der Waals surface area contributed by atoms with E-state index in [4.69, 9.17) is 5.73 Å². The first kappa shape index (κ1) is 18.8. The van der Waals surface area contributed by atoms with Crippen molar-refractivity contribution in [2.75, 3.05) is 13.1 Å². The van der Waals surface area contributed by atoms with Gasteiger partial charge in [0.05, 0.1) is 5.39 Å². The molecule has 9 heteroatoms. The van der Waals surface area contributed by atoms with E-state index in [0.717, 1.165) is 16.9 Å². The summed E-state index contributed by atoms with van der Waals surface area (Å²) < 4.78 is 29.7. The smallest absolute Gasteiger partial charge is 0.329 e. The first-order chi connectivity index (χ1) is 12.8. The second-order valence-electron chi connectivity index (χ2n) is 7.81. The molecule has 0 amide bonds. The van der Waals surface area contributed by atoms with Crippen LogP contribution in [0.5, 0.6) is 0 Å². The van der Waals surface area contributed by atoms with Crippen LogP contribution in [0, 0.1) is 18.8 Å². The first-order valence-corrected chi connectivity index (χ1v) is 10.1. The summed E-state index contributed by atoms with van der Waals surface area (Å²) in [4.78, 5) is 27.6. The van der Waals surface area contributed by atoms with Crippen LogP contribution in [-0.2, 0) is 13.1 Å². The fourth-order valence-electron chi connectivity index (χ4n) is 3.69. The van der Waals surface area contributed by atoms with Gasteiger partial charge in [0.15, 0.2) is 0 Å². The molecule has 2 saturated carbocycles. The van der Waals surface area contributed by atoms with Crippen molar-refractivity contribution in [3.63, 3.8) is 0 Å². The van der Waals surface area contributed by atoms with Gasteiger partial charge in [-0.2, -0.15) is 0 Å². The lowest BCUT2D eigenvalue weighted by atomic mass is 10.2. The molecule has 2 aliphatic rings. The third-order valence-electron chi connectivity index (χ3n) is 5.71. The SMILES string of the molecule is Cc1c(CNCCN)sc2c1c(=O)n(C1C[C@@H]1C)c(=O)n2CC1CC1(F)F. The first-order valence-electron chi connectivity index (χ1n) is 9.32. The van der Waals surface area contributed by atoms with E-state index >= 15 is 0 Å². The molecule has 0 bridgehead atoms. The maximum atomic E-state index is 13.5. The second-order valence-corrected chi connectivity index (χ2v) is 8.89. The number of hydrogen-bond donors (Lipinski definition) is 2. The maximum absolute atomic E-state index is 13.5. The molecule has 3 atom stereocenters. The molecule has 2 heterocycles. The number of aryl methyl sites for hydroxylation is 1. The standard InChI is InChI=1S/C18H24F2N4O2S/c1-9-5-12(9)24-15(25)14-10(2)13(7-22-4-3-21)27-16(14)23(17(24)26)8-11-6-18(11,19)20/h9,11-12,22H,3-8,21H2,1-2H3/t9-,11?,12?/m0/s1. The van der Waals surface area contributed by atoms with Crippen LogP contribution in [0.3, 0.4) is 0 Å². The van der Waals surface area contributed by atoms with E-state index in [1.165, 1.54) is 20.5 Å². The molecule has 0 saturated heterocycles. The highest BCUT2D eigenvalue weighted by molar-refractivity contribution is 7.18. The summed E-state index contributed by atoms with van der Waals surface area (Å²) in [5.74, 6) is -3.28. The number of hydrogen-bond acceptors (Lipinski definition) is 5. The van der Waals surface area contributed by atoms with Gasteiger partial charge in [-0.3, -0.25) is 13.9 Å². The van der Waals surface area contributed by atoms with Crippen molar-refractivity contribution in [3.8, 4) is 0 Å². The van der Waals surface area contributed by atoms with Crippen molar-refractivity contribution < 1.29 is 8.78 Å². The molecule has 0 aliphatic heterocycles. The predicted octanol–water partition coefficient (Wildman–Crippen LogP) is 1.82. The second kappa shape index (κ2) is 6.49. The van der Waals surface area contributed by atoms with Crippen LogP contribution in [0.25, 0.3) is 10.2 Å². The summed E-state index contributed by atoms with van der Waals surface area (Å²) in [6.07, 6.45) is 0.573. The lowest BCUT2D eigenvalue weighted by Crippen LogP contribution is -2.40. The highest BCUT2D eigenvalue weighted by atomic mass is 32.1. The Morgan fingerprint density at radius 3 is 2.59 bits per heavy atom. The van der Waals surface area contributed by atoms with E-state index in [0.29, 0.717) is 29.9 Å². The Morgan fingerprint density at radius 1 is 1.37 bits per heavy atom. The minimum Gasteiger partial charge on any atom is -0.329 e. The zero-order chi connectivity index (χ0) is 19.5. The molecule has 2 fully saturated rings. The van der Waals surface area contributed by atoms with Gasteiger partial charge in [0, 0.05) is 49.4 Å². The zero-order valence-electron chi connectivity index (χ0n) is 15.4. The van der Waals surface area contributed by atoms with Gasteiger partial charge in [-0.15, -0.1) is 11.3 Å². The van der Waals surface area contributed by atoms with E-state index in [9.17, 15) is 18.4 Å². The van der Waals surface area contributed by atoms with Crippen LogP contribution in [0.1, 0.15) is 36.2 Å². The Labute approximate surface area is 159 Å². The molecule has 0 spiro atoms. The minimum atomic E-state index is -2.71. The fourth-order valence-corrected chi connectivity index (χ4v) is 4.95. The van der Waals surface area contributed by atoms with Crippen LogP contribution >= 0.6 is 11.3 Å². The highest BCUT2D eigenvalue weighted by Gasteiger charge is 2.57. The molecule has 0 aromatic carbocycles. The summed E-state index contributed by atoms with van der Waals surface area (Å²) in [5, 5.41) is 3.69. The number of nitrogens with zero attached hydrogens (tertiary/aromatic N) is 2. The van der Waals surface area contributed by atoms with Crippen LogP contribution in [0.4, 0.5) is 8.78 Å². The summed E-state index contributed by atoms with van der Waals surface area (Å²) in [7, 11) is 0. The van der Waals surface area contributed by atoms with Crippen molar-refractivity contribution in [2.24, 2.45) is 17.6 Å². The number of nitrogens with two attached hydrogens (primary N) is 1. The Balaban J connectivity index is 1.86. The quantitative estimate of drug-likeness (QED) is 0.697.